The minimum atomic E-state index is -0.300. The molecule has 0 aliphatic carbocycles. The molecule has 0 saturated heterocycles. The summed E-state index contributed by atoms with van der Waals surface area (Å²) in [6.45, 7) is 4.53. The largest absolute Gasteiger partial charge is 0.344 e. The van der Waals surface area contributed by atoms with Gasteiger partial charge in [-0.05, 0) is 26.0 Å². The molecule has 2 rings (SSSR count). The first-order valence-corrected chi connectivity index (χ1v) is 6.90. The van der Waals surface area contributed by atoms with Gasteiger partial charge in [0, 0.05) is 13.6 Å². The van der Waals surface area contributed by atoms with Crippen molar-refractivity contribution in [2.24, 2.45) is 0 Å². The van der Waals surface area contributed by atoms with Crippen LogP contribution in [0.15, 0.2) is 24.3 Å². The number of rotatable bonds is 4. The molecule has 1 heterocycles. The van der Waals surface area contributed by atoms with Crippen LogP contribution in [0.1, 0.15) is 25.7 Å². The van der Waals surface area contributed by atoms with Crippen molar-refractivity contribution in [2.75, 3.05) is 13.6 Å². The van der Waals surface area contributed by atoms with Crippen LogP contribution in [0.4, 0.5) is 0 Å². The van der Waals surface area contributed by atoms with E-state index in [1.807, 2.05) is 42.7 Å². The predicted molar refractivity (Wildman–Crippen MR) is 77.3 cm³/mol. The van der Waals surface area contributed by atoms with Crippen LogP contribution in [0.3, 0.4) is 0 Å². The van der Waals surface area contributed by atoms with Gasteiger partial charge in [-0.3, -0.25) is 4.79 Å². The number of carbonyl (C=O) groups is 1. The summed E-state index contributed by atoms with van der Waals surface area (Å²) < 4.78 is 1.93. The van der Waals surface area contributed by atoms with Gasteiger partial charge in [0.15, 0.2) is 0 Å². The quantitative estimate of drug-likeness (QED) is 0.807. The molecule has 1 aromatic heterocycles. The Morgan fingerprint density at radius 2 is 2.16 bits per heavy atom. The third-order valence-corrected chi connectivity index (χ3v) is 3.62. The maximum atomic E-state index is 12.3. The summed E-state index contributed by atoms with van der Waals surface area (Å²) >= 11 is 5.96. The van der Waals surface area contributed by atoms with E-state index in [4.69, 9.17) is 11.6 Å². The van der Waals surface area contributed by atoms with Crippen molar-refractivity contribution in [2.45, 2.75) is 25.8 Å². The first-order valence-electron chi connectivity index (χ1n) is 6.37. The average Bonchev–Trinajstić information content (AvgIpc) is 2.83. The zero-order valence-electron chi connectivity index (χ0n) is 11.4. The van der Waals surface area contributed by atoms with Crippen molar-refractivity contribution in [3.05, 3.63) is 30.1 Å². The zero-order chi connectivity index (χ0) is 14.0. The van der Waals surface area contributed by atoms with E-state index in [0.29, 0.717) is 12.4 Å². The smallest absolute Gasteiger partial charge is 0.245 e. The average molecular weight is 280 g/mol. The lowest BCUT2D eigenvalue weighted by Crippen LogP contribution is -2.33. The van der Waals surface area contributed by atoms with Gasteiger partial charge in [-0.1, -0.05) is 12.1 Å². The van der Waals surface area contributed by atoms with E-state index < -0.39 is 0 Å². The number of nitrogens with zero attached hydrogens (tertiary/aromatic N) is 3. The number of halogens is 1. The maximum absolute atomic E-state index is 12.3. The van der Waals surface area contributed by atoms with Crippen LogP contribution < -0.4 is 0 Å². The number of para-hydroxylation sites is 2. The van der Waals surface area contributed by atoms with Gasteiger partial charge in [0.25, 0.3) is 0 Å². The lowest BCUT2D eigenvalue weighted by atomic mass is 10.2. The fourth-order valence-electron chi connectivity index (χ4n) is 2.21. The van der Waals surface area contributed by atoms with Crippen molar-refractivity contribution in [1.29, 1.82) is 0 Å². The topological polar surface area (TPSA) is 38.1 Å². The number of carbonyl (C=O) groups excluding carboxylic acids is 1. The second-order valence-corrected chi connectivity index (χ2v) is 4.82. The Labute approximate surface area is 118 Å². The van der Waals surface area contributed by atoms with Crippen LogP contribution >= 0.6 is 11.6 Å². The standard InChI is InChI=1S/C14H18ClN3O/c1-4-17(3)14(19)10(2)18-12-8-6-5-7-11(12)16-13(18)9-15/h5-8,10H,4,9H2,1-3H3. The van der Waals surface area contributed by atoms with E-state index in [2.05, 4.69) is 4.98 Å². The Bertz CT molecular complexity index is 593. The number of imidazole rings is 1. The normalized spacial score (nSPS) is 12.6. The summed E-state index contributed by atoms with van der Waals surface area (Å²) in [5, 5.41) is 0. The fourth-order valence-corrected chi connectivity index (χ4v) is 2.39. The van der Waals surface area contributed by atoms with E-state index in [-0.39, 0.29) is 11.9 Å². The van der Waals surface area contributed by atoms with Crippen molar-refractivity contribution >= 4 is 28.5 Å². The highest BCUT2D eigenvalue weighted by molar-refractivity contribution is 6.16. The molecule has 102 valence electrons. The number of benzene rings is 1. The van der Waals surface area contributed by atoms with Gasteiger partial charge in [-0.2, -0.15) is 0 Å². The van der Waals surface area contributed by atoms with Crippen LogP contribution in [0.5, 0.6) is 0 Å². The number of likely N-dealkylation sites (N-methyl/N-ethyl adjacent to an activating group) is 1. The molecule has 0 aliphatic heterocycles. The molecule has 1 amide bonds. The number of aromatic nitrogens is 2. The van der Waals surface area contributed by atoms with Gasteiger partial charge < -0.3 is 9.47 Å². The first kappa shape index (κ1) is 13.9. The minimum Gasteiger partial charge on any atom is -0.344 e. The molecule has 0 spiro atoms. The summed E-state index contributed by atoms with van der Waals surface area (Å²) in [6, 6.07) is 7.48. The molecule has 1 atom stereocenters. The third kappa shape index (κ3) is 2.45. The molecule has 0 radical (unpaired) electrons. The molecule has 0 aliphatic rings. The molecule has 0 bridgehead atoms. The molecule has 0 fully saturated rings. The van der Waals surface area contributed by atoms with Crippen molar-refractivity contribution in [3.63, 3.8) is 0 Å². The third-order valence-electron chi connectivity index (χ3n) is 3.38. The van der Waals surface area contributed by atoms with E-state index >= 15 is 0 Å². The number of alkyl halides is 1. The Hall–Kier alpha value is -1.55. The molecular formula is C14H18ClN3O. The Kier molecular flexibility index (Phi) is 4.10. The molecule has 1 unspecified atom stereocenters. The van der Waals surface area contributed by atoms with E-state index in [1.165, 1.54) is 0 Å². The summed E-state index contributed by atoms with van der Waals surface area (Å²) in [6.07, 6.45) is 0. The second-order valence-electron chi connectivity index (χ2n) is 4.55. The molecule has 2 aromatic rings. The summed E-state index contributed by atoms with van der Waals surface area (Å²) in [5.41, 5.74) is 1.82. The van der Waals surface area contributed by atoms with Crippen LogP contribution in [-0.4, -0.2) is 34.0 Å². The molecule has 0 N–H and O–H groups in total. The molecule has 4 nitrogen and oxygen atoms in total. The predicted octanol–water partition coefficient (Wildman–Crippen LogP) is 2.81. The van der Waals surface area contributed by atoms with Crippen molar-refractivity contribution < 1.29 is 4.79 Å². The lowest BCUT2D eigenvalue weighted by molar-refractivity contribution is -0.132. The van der Waals surface area contributed by atoms with E-state index in [9.17, 15) is 4.79 Å². The number of fused-ring (bicyclic) bond motifs is 1. The molecule has 5 heteroatoms. The Morgan fingerprint density at radius 3 is 2.79 bits per heavy atom. The highest BCUT2D eigenvalue weighted by Crippen LogP contribution is 2.23. The van der Waals surface area contributed by atoms with Crippen LogP contribution in [0.25, 0.3) is 11.0 Å². The maximum Gasteiger partial charge on any atom is 0.245 e. The van der Waals surface area contributed by atoms with Crippen molar-refractivity contribution in [3.8, 4) is 0 Å². The Morgan fingerprint density at radius 1 is 1.47 bits per heavy atom. The zero-order valence-corrected chi connectivity index (χ0v) is 12.2. The highest BCUT2D eigenvalue weighted by Gasteiger charge is 2.22. The van der Waals surface area contributed by atoms with Gasteiger partial charge >= 0.3 is 0 Å². The van der Waals surface area contributed by atoms with Gasteiger partial charge in [0.2, 0.25) is 5.91 Å². The lowest BCUT2D eigenvalue weighted by Gasteiger charge is -2.22. The van der Waals surface area contributed by atoms with Gasteiger partial charge in [0.1, 0.15) is 11.9 Å². The van der Waals surface area contributed by atoms with E-state index in [1.54, 1.807) is 11.9 Å². The number of hydrogen-bond donors (Lipinski definition) is 0. The van der Waals surface area contributed by atoms with Crippen LogP contribution in [-0.2, 0) is 10.7 Å². The van der Waals surface area contributed by atoms with Gasteiger partial charge in [-0.15, -0.1) is 11.6 Å². The van der Waals surface area contributed by atoms with Gasteiger partial charge in [-0.25, -0.2) is 4.98 Å². The first-order chi connectivity index (χ1) is 9.10. The molecular weight excluding hydrogens is 262 g/mol. The summed E-state index contributed by atoms with van der Waals surface area (Å²) in [4.78, 5) is 18.5. The summed E-state index contributed by atoms with van der Waals surface area (Å²) in [5.74, 6) is 1.09. The van der Waals surface area contributed by atoms with Crippen molar-refractivity contribution in [1.82, 2.24) is 14.5 Å². The molecule has 0 saturated carbocycles. The molecule has 1 aromatic carbocycles. The van der Waals surface area contributed by atoms with Crippen LogP contribution in [0, 0.1) is 0 Å². The molecule has 19 heavy (non-hydrogen) atoms. The minimum absolute atomic E-state index is 0.0667. The monoisotopic (exact) mass is 279 g/mol. The fraction of sp³-hybridized carbons (Fsp3) is 0.429. The number of amides is 1. The second kappa shape index (κ2) is 5.61. The summed E-state index contributed by atoms with van der Waals surface area (Å²) in [7, 11) is 1.80. The highest BCUT2D eigenvalue weighted by atomic mass is 35.5. The SMILES string of the molecule is CCN(C)C(=O)C(C)n1c(CCl)nc2ccccc21. The van der Waals surface area contributed by atoms with Crippen LogP contribution in [0.2, 0.25) is 0 Å². The van der Waals surface area contributed by atoms with E-state index in [0.717, 1.165) is 16.9 Å². The van der Waals surface area contributed by atoms with Gasteiger partial charge in [0.05, 0.1) is 16.9 Å². The Balaban J connectivity index is 2.51. The number of hydrogen-bond acceptors (Lipinski definition) is 2.